The first-order valence-corrected chi connectivity index (χ1v) is 23.8. The highest BCUT2D eigenvalue weighted by atomic mass is 16.5. The molecule has 1 aliphatic rings. The van der Waals surface area contributed by atoms with Gasteiger partial charge in [0.1, 0.15) is 24.0 Å². The van der Waals surface area contributed by atoms with Crippen LogP contribution in [0.1, 0.15) is 99.6 Å². The highest BCUT2D eigenvalue weighted by Gasteiger charge is 2.32. The number of fused-ring (bicyclic) bond motifs is 4. The molecule has 0 unspecified atom stereocenters. The lowest BCUT2D eigenvalue weighted by atomic mass is 9.78. The van der Waals surface area contributed by atoms with Crippen molar-refractivity contribution in [1.29, 1.82) is 0 Å². The number of benzene rings is 8. The van der Waals surface area contributed by atoms with Crippen molar-refractivity contribution >= 4 is 44.6 Å². The van der Waals surface area contributed by atoms with Crippen LogP contribution < -0.4 is 14.5 Å². The smallest absolute Gasteiger partial charge is 0.137 e. The summed E-state index contributed by atoms with van der Waals surface area (Å²) in [5.41, 5.74) is 0.854. The summed E-state index contributed by atoms with van der Waals surface area (Å²) in [4.78, 5) is 8.51. The van der Waals surface area contributed by atoms with Crippen molar-refractivity contribution in [3.05, 3.63) is 217 Å². The molecule has 3 heterocycles. The fourth-order valence-electron chi connectivity index (χ4n) is 9.06. The first kappa shape index (κ1) is 31.4. The second kappa shape index (κ2) is 17.5. The number of nitrogens with zero attached hydrogens (tertiary/aromatic N) is 4. The normalized spacial score (nSPS) is 16.0. The number of hydrogen-bond donors (Lipinski definition) is 0. The molecule has 0 saturated carbocycles. The SMILES string of the molecule is [2H]c1c([2H])c([2H])c(-c2c([2H])c([2H])c(-c3c([2H])c([2H])c([2H])c(-c4c([2H])c(C(C)(C)C)c([2H])c(C(C)(C)C)c4[2H])c3N3CN(c4cccc(Oc5ccc6c7ccccc7n(-c7cc(C(C)(C)C)ccn7)c6c5)c4)c4ccccc43)c([2H])c2[2H])c([2H])c1[2H]. The zero-order valence-corrected chi connectivity index (χ0v) is 41.3. The highest BCUT2D eigenvalue weighted by molar-refractivity contribution is 6.09. The van der Waals surface area contributed by atoms with Gasteiger partial charge in [-0.05, 0) is 110 Å². The Hall–Kier alpha value is -7.89. The molecule has 10 aromatic rings. The minimum atomic E-state index is -0.882. The quantitative estimate of drug-likeness (QED) is 0.152. The molecule has 71 heavy (non-hydrogen) atoms. The summed E-state index contributed by atoms with van der Waals surface area (Å²) in [5.74, 6) is 1.77. The second-order valence-corrected chi connectivity index (χ2v) is 21.0. The zero-order valence-electron chi connectivity index (χ0n) is 56.3. The Kier molecular flexibility index (Phi) is 7.73. The lowest BCUT2D eigenvalue weighted by Gasteiger charge is -2.29. The first-order chi connectivity index (χ1) is 40.4. The monoisotopic (exact) mass is 942 g/mol. The summed E-state index contributed by atoms with van der Waals surface area (Å²) in [5, 5.41) is 2.06. The van der Waals surface area contributed by atoms with Crippen molar-refractivity contribution in [3.63, 3.8) is 0 Å². The van der Waals surface area contributed by atoms with Crippen molar-refractivity contribution in [3.8, 4) is 50.7 Å². The van der Waals surface area contributed by atoms with Crippen LogP contribution in [0.2, 0.25) is 0 Å². The highest BCUT2D eigenvalue weighted by Crippen LogP contribution is 2.51. The van der Waals surface area contributed by atoms with Crippen LogP contribution in [-0.2, 0) is 16.2 Å². The van der Waals surface area contributed by atoms with E-state index in [9.17, 15) is 13.7 Å². The third-order valence-electron chi connectivity index (χ3n) is 12.8. The maximum absolute atomic E-state index is 10.1. The van der Waals surface area contributed by atoms with Crippen molar-refractivity contribution in [2.45, 2.75) is 78.6 Å². The third-order valence-corrected chi connectivity index (χ3v) is 12.8. The van der Waals surface area contributed by atoms with Crippen LogP contribution in [0.15, 0.2) is 200 Å². The maximum atomic E-state index is 10.1. The maximum Gasteiger partial charge on any atom is 0.137 e. The van der Waals surface area contributed by atoms with Gasteiger partial charge >= 0.3 is 0 Å². The molecule has 0 bridgehead atoms. The topological polar surface area (TPSA) is 33.5 Å². The summed E-state index contributed by atoms with van der Waals surface area (Å²) in [7, 11) is 0. The Balaban J connectivity index is 1.13. The van der Waals surface area contributed by atoms with Gasteiger partial charge in [-0.3, -0.25) is 4.57 Å². The Morgan fingerprint density at radius 1 is 0.479 bits per heavy atom. The van der Waals surface area contributed by atoms with Crippen LogP contribution in [0.3, 0.4) is 0 Å². The fraction of sp³-hybridized carbons (Fsp3) is 0.197. The van der Waals surface area contributed by atoms with E-state index in [4.69, 9.17) is 16.6 Å². The summed E-state index contributed by atoms with van der Waals surface area (Å²) in [6.45, 7) is 17.4. The Labute approximate surface area is 440 Å². The van der Waals surface area contributed by atoms with Gasteiger partial charge in [0.05, 0.1) is 48.7 Å². The molecule has 0 amide bonds. The predicted molar refractivity (Wildman–Crippen MR) is 300 cm³/mol. The van der Waals surface area contributed by atoms with Crippen molar-refractivity contribution in [1.82, 2.24) is 9.55 Å². The number of anilines is 4. The van der Waals surface area contributed by atoms with Crippen LogP contribution in [0.5, 0.6) is 11.5 Å². The molecule has 5 heteroatoms. The molecule has 8 aromatic carbocycles. The van der Waals surface area contributed by atoms with Gasteiger partial charge in [0.15, 0.2) is 0 Å². The van der Waals surface area contributed by atoms with Crippen LogP contribution in [0.4, 0.5) is 22.7 Å². The molecule has 0 spiro atoms. The summed E-state index contributed by atoms with van der Waals surface area (Å²) >= 11 is 0. The molecular weight excluding hydrogens is 865 g/mol. The molecule has 0 atom stereocenters. The van der Waals surface area contributed by atoms with Crippen molar-refractivity contribution < 1.29 is 25.3 Å². The van der Waals surface area contributed by atoms with E-state index in [1.54, 1.807) is 17.0 Å². The summed E-state index contributed by atoms with van der Waals surface area (Å²) in [6, 6.07) is 23.5. The van der Waals surface area contributed by atoms with Gasteiger partial charge in [0.2, 0.25) is 0 Å². The van der Waals surface area contributed by atoms with Crippen LogP contribution in [0, 0.1) is 0 Å². The molecule has 352 valence electrons. The van der Waals surface area contributed by atoms with E-state index in [1.807, 2.05) is 125 Å². The zero-order chi connectivity index (χ0) is 62.3. The average Bonchev–Trinajstić information content (AvgIpc) is 1.10. The van der Waals surface area contributed by atoms with Gasteiger partial charge in [-0.25, -0.2) is 4.98 Å². The molecule has 0 aliphatic carbocycles. The van der Waals surface area contributed by atoms with Crippen molar-refractivity contribution in [2.75, 3.05) is 16.5 Å². The Morgan fingerprint density at radius 3 is 1.79 bits per heavy atom. The lowest BCUT2D eigenvalue weighted by Crippen LogP contribution is -2.25. The average molecular weight is 942 g/mol. The largest absolute Gasteiger partial charge is 0.457 e. The molecule has 5 nitrogen and oxygen atoms in total. The Bertz CT molecular complexity index is 4420. The standard InChI is InChI=1S/C66H62N4O/c1-64(2,3)48-35-36-67-62(40-48)70-58-26-14-13-23-56(58)57-34-33-53(42-61(57)70)71-52-22-17-21-51(41-52)68-43-69(60-28-16-15-27-59(60)68)63-54(46-31-29-45(30-32-46)44-19-11-10-12-20-44)24-18-25-55(63)47-37-49(65(4,5)6)39-50(38-47)66(7,8)9/h10-42H,43H2,1-9H3/i10D,11D,12D,18D,19D,20D,24D,25D,29D,30D,31D,32D,37D,38D,39D. The van der Waals surface area contributed by atoms with Crippen LogP contribution >= 0.6 is 0 Å². The molecule has 2 aromatic heterocycles. The van der Waals surface area contributed by atoms with E-state index in [1.165, 1.54) is 0 Å². The minimum absolute atomic E-state index is 0.0342. The molecule has 0 fully saturated rings. The van der Waals surface area contributed by atoms with Gasteiger partial charge in [-0.15, -0.1) is 0 Å². The minimum Gasteiger partial charge on any atom is -0.457 e. The van der Waals surface area contributed by atoms with Crippen LogP contribution in [0.25, 0.3) is 61.0 Å². The lowest BCUT2D eigenvalue weighted by molar-refractivity contribution is 0.483. The molecule has 0 radical (unpaired) electrons. The second-order valence-electron chi connectivity index (χ2n) is 21.0. The van der Waals surface area contributed by atoms with Gasteiger partial charge in [-0.1, -0.05) is 189 Å². The molecule has 0 saturated heterocycles. The molecular formula is C66H62N4O. The predicted octanol–water partition coefficient (Wildman–Crippen LogP) is 18.1. The number of para-hydroxylation sites is 4. The number of aromatic nitrogens is 2. The van der Waals surface area contributed by atoms with E-state index in [0.29, 0.717) is 28.6 Å². The number of hydrogen-bond acceptors (Lipinski definition) is 4. The van der Waals surface area contributed by atoms with E-state index >= 15 is 0 Å². The van der Waals surface area contributed by atoms with E-state index in [0.717, 1.165) is 33.2 Å². The third kappa shape index (κ3) is 8.65. The summed E-state index contributed by atoms with van der Waals surface area (Å²) in [6.07, 6.45) is 1.83. The van der Waals surface area contributed by atoms with Gasteiger partial charge in [0, 0.05) is 45.9 Å². The van der Waals surface area contributed by atoms with E-state index in [2.05, 4.69) is 43.5 Å². The van der Waals surface area contributed by atoms with Crippen LogP contribution in [-0.4, -0.2) is 16.2 Å². The van der Waals surface area contributed by atoms with E-state index in [-0.39, 0.29) is 63.7 Å². The molecule has 1 aliphatic heterocycles. The number of ether oxygens (including phenoxy) is 1. The molecule has 11 rings (SSSR count). The van der Waals surface area contributed by atoms with Gasteiger partial charge < -0.3 is 14.5 Å². The van der Waals surface area contributed by atoms with Crippen molar-refractivity contribution in [2.24, 2.45) is 0 Å². The summed E-state index contributed by atoms with van der Waals surface area (Å²) < 4.78 is 149. The Morgan fingerprint density at radius 2 is 1.08 bits per heavy atom. The molecule has 0 N–H and O–H groups in total. The first-order valence-electron chi connectivity index (χ1n) is 31.3. The number of rotatable bonds is 8. The van der Waals surface area contributed by atoms with Gasteiger partial charge in [0.25, 0.3) is 0 Å². The van der Waals surface area contributed by atoms with Gasteiger partial charge in [-0.2, -0.15) is 0 Å². The van der Waals surface area contributed by atoms with E-state index < -0.39 is 100 Å². The number of pyridine rings is 1. The fourth-order valence-corrected chi connectivity index (χ4v) is 9.06.